The molecule has 0 spiro atoms. The Morgan fingerprint density at radius 3 is 2.33 bits per heavy atom. The number of halogens is 2. The predicted molar refractivity (Wildman–Crippen MR) is 70.1 cm³/mol. The number of alkyl halides is 2. The molecule has 4 nitrogen and oxygen atoms in total. The molecule has 0 radical (unpaired) electrons. The van der Waals surface area contributed by atoms with Crippen molar-refractivity contribution in [2.75, 3.05) is 0 Å². The van der Waals surface area contributed by atoms with Gasteiger partial charge in [-0.25, -0.2) is 0 Å². The fraction of sp³-hybridized carbons (Fsp3) is 0.833. The average molecular weight is 293 g/mol. The lowest BCUT2D eigenvalue weighted by molar-refractivity contribution is -0.171. The quantitative estimate of drug-likeness (QED) is 0.508. The molecule has 18 heavy (non-hydrogen) atoms. The number of hydrogen-bond donors (Lipinski definition) is 0. The fourth-order valence-electron chi connectivity index (χ4n) is 2.98. The molecule has 2 saturated heterocycles. The van der Waals surface area contributed by atoms with E-state index in [0.29, 0.717) is 12.8 Å². The van der Waals surface area contributed by atoms with Gasteiger partial charge in [0.2, 0.25) is 11.8 Å². The topological polar surface area (TPSA) is 40.6 Å². The Labute approximate surface area is 117 Å². The number of hydrogen-bond acceptors (Lipinski definition) is 2. The van der Waals surface area contributed by atoms with E-state index in [-0.39, 0.29) is 11.8 Å². The SMILES string of the molecule is CC(=O)N1C(Cl)C(C)(C)C(Cl)N2C(=O)CCC12C. The van der Waals surface area contributed by atoms with Crippen molar-refractivity contribution in [1.29, 1.82) is 0 Å². The van der Waals surface area contributed by atoms with Crippen molar-refractivity contribution in [2.45, 2.75) is 57.2 Å². The van der Waals surface area contributed by atoms with Crippen LogP contribution in [0.25, 0.3) is 0 Å². The zero-order valence-corrected chi connectivity index (χ0v) is 12.5. The van der Waals surface area contributed by atoms with E-state index in [9.17, 15) is 9.59 Å². The second-order valence-corrected chi connectivity index (χ2v) is 6.69. The molecule has 2 fully saturated rings. The van der Waals surface area contributed by atoms with E-state index >= 15 is 0 Å². The molecule has 3 unspecified atom stereocenters. The summed E-state index contributed by atoms with van der Waals surface area (Å²) in [5, 5.41) is 0. The van der Waals surface area contributed by atoms with Gasteiger partial charge in [-0.1, -0.05) is 37.0 Å². The Balaban J connectivity index is 2.55. The molecule has 2 aliphatic heterocycles. The number of fused-ring (bicyclic) bond motifs is 1. The summed E-state index contributed by atoms with van der Waals surface area (Å²) in [5.74, 6) is -0.144. The lowest BCUT2D eigenvalue weighted by Gasteiger charge is -2.59. The maximum absolute atomic E-state index is 12.0. The van der Waals surface area contributed by atoms with Crippen LogP contribution in [-0.4, -0.2) is 38.3 Å². The third-order valence-corrected chi connectivity index (χ3v) is 5.65. The van der Waals surface area contributed by atoms with Crippen LogP contribution in [0.3, 0.4) is 0 Å². The summed E-state index contributed by atoms with van der Waals surface area (Å²) < 4.78 is 0. The fourth-order valence-corrected chi connectivity index (χ4v) is 3.95. The summed E-state index contributed by atoms with van der Waals surface area (Å²) in [4.78, 5) is 27.2. The normalized spacial score (nSPS) is 38.9. The molecule has 2 rings (SSSR count). The molecular formula is C12H18Cl2N2O2. The van der Waals surface area contributed by atoms with E-state index in [1.807, 2.05) is 20.8 Å². The highest BCUT2D eigenvalue weighted by molar-refractivity contribution is 6.26. The van der Waals surface area contributed by atoms with Gasteiger partial charge in [0, 0.05) is 18.8 Å². The molecule has 2 heterocycles. The molecule has 0 N–H and O–H groups in total. The lowest BCUT2D eigenvalue weighted by atomic mass is 9.85. The molecule has 0 aromatic carbocycles. The molecule has 0 aromatic heterocycles. The summed E-state index contributed by atoms with van der Waals surface area (Å²) in [6, 6.07) is 0. The Bertz CT molecular complexity index is 413. The van der Waals surface area contributed by atoms with Crippen molar-refractivity contribution in [3.8, 4) is 0 Å². The van der Waals surface area contributed by atoms with Crippen molar-refractivity contribution in [1.82, 2.24) is 9.80 Å². The van der Waals surface area contributed by atoms with Gasteiger partial charge in [-0.3, -0.25) is 9.59 Å². The van der Waals surface area contributed by atoms with Crippen LogP contribution in [0.1, 0.15) is 40.5 Å². The van der Waals surface area contributed by atoms with Crippen LogP contribution < -0.4 is 0 Å². The maximum Gasteiger partial charge on any atom is 0.225 e. The van der Waals surface area contributed by atoms with Crippen LogP contribution in [-0.2, 0) is 9.59 Å². The Morgan fingerprint density at radius 1 is 1.28 bits per heavy atom. The first-order valence-corrected chi connectivity index (χ1v) is 6.91. The maximum atomic E-state index is 12.0. The van der Waals surface area contributed by atoms with Gasteiger partial charge in [0.25, 0.3) is 0 Å². The molecule has 0 bridgehead atoms. The second kappa shape index (κ2) is 4.01. The summed E-state index contributed by atoms with van der Waals surface area (Å²) in [6.45, 7) is 7.10. The van der Waals surface area contributed by atoms with E-state index < -0.39 is 22.1 Å². The minimum absolute atomic E-state index is 0.0135. The molecular weight excluding hydrogens is 275 g/mol. The summed E-state index contributed by atoms with van der Waals surface area (Å²) in [7, 11) is 0. The first-order chi connectivity index (χ1) is 8.14. The smallest absolute Gasteiger partial charge is 0.225 e. The highest BCUT2D eigenvalue weighted by atomic mass is 35.5. The second-order valence-electron chi connectivity index (χ2n) is 5.86. The van der Waals surface area contributed by atoms with Crippen LogP contribution in [0.15, 0.2) is 0 Å². The number of carbonyl (C=O) groups excluding carboxylic acids is 2. The Kier molecular flexibility index (Phi) is 3.10. The van der Waals surface area contributed by atoms with Crippen molar-refractivity contribution in [3.05, 3.63) is 0 Å². The largest absolute Gasteiger partial charge is 0.303 e. The zero-order valence-electron chi connectivity index (χ0n) is 11.0. The van der Waals surface area contributed by atoms with Gasteiger partial charge in [-0.2, -0.15) is 0 Å². The highest BCUT2D eigenvalue weighted by Gasteiger charge is 2.61. The van der Waals surface area contributed by atoms with Crippen LogP contribution >= 0.6 is 23.2 Å². The minimum atomic E-state index is -0.697. The van der Waals surface area contributed by atoms with Gasteiger partial charge >= 0.3 is 0 Å². The number of rotatable bonds is 0. The minimum Gasteiger partial charge on any atom is -0.303 e. The zero-order chi connectivity index (χ0) is 13.9. The summed E-state index contributed by atoms with van der Waals surface area (Å²) in [5.41, 5.74) is -2.29. The average Bonchev–Trinajstić information content (AvgIpc) is 2.52. The number of carbonyl (C=O) groups is 2. The Morgan fingerprint density at radius 2 is 1.83 bits per heavy atom. The monoisotopic (exact) mass is 292 g/mol. The Hall–Kier alpha value is -0.480. The third-order valence-electron chi connectivity index (χ3n) is 4.14. The van der Waals surface area contributed by atoms with Crippen LogP contribution in [0, 0.1) is 5.41 Å². The van der Waals surface area contributed by atoms with Crippen molar-refractivity contribution in [3.63, 3.8) is 0 Å². The van der Waals surface area contributed by atoms with Crippen molar-refractivity contribution in [2.24, 2.45) is 5.41 Å². The summed E-state index contributed by atoms with van der Waals surface area (Å²) >= 11 is 12.9. The first kappa shape index (κ1) is 13.9. The van der Waals surface area contributed by atoms with Crippen molar-refractivity contribution < 1.29 is 9.59 Å². The van der Waals surface area contributed by atoms with E-state index in [0.717, 1.165) is 0 Å². The van der Waals surface area contributed by atoms with Gasteiger partial charge in [-0.15, -0.1) is 0 Å². The summed E-state index contributed by atoms with van der Waals surface area (Å²) in [6.07, 6.45) is 0.983. The molecule has 2 aliphatic rings. The van der Waals surface area contributed by atoms with Crippen molar-refractivity contribution >= 4 is 35.0 Å². The van der Waals surface area contributed by atoms with Crippen LogP contribution in [0.4, 0.5) is 0 Å². The van der Waals surface area contributed by atoms with Gasteiger partial charge in [0.05, 0.1) is 0 Å². The van der Waals surface area contributed by atoms with E-state index in [2.05, 4.69) is 0 Å². The van der Waals surface area contributed by atoms with Crippen LogP contribution in [0.2, 0.25) is 0 Å². The molecule has 6 heteroatoms. The van der Waals surface area contributed by atoms with E-state index in [1.165, 1.54) is 6.92 Å². The molecule has 3 atom stereocenters. The van der Waals surface area contributed by atoms with E-state index in [1.54, 1.807) is 9.80 Å². The first-order valence-electron chi connectivity index (χ1n) is 6.04. The lowest BCUT2D eigenvalue weighted by Crippen LogP contribution is -2.72. The number of nitrogens with zero attached hydrogens (tertiary/aromatic N) is 2. The molecule has 0 aromatic rings. The molecule has 0 saturated carbocycles. The van der Waals surface area contributed by atoms with Gasteiger partial charge < -0.3 is 9.80 Å². The molecule has 2 amide bonds. The predicted octanol–water partition coefficient (Wildman–Crippen LogP) is 2.34. The van der Waals surface area contributed by atoms with Gasteiger partial charge in [0.1, 0.15) is 16.7 Å². The third kappa shape index (κ3) is 1.58. The standard InChI is InChI=1S/C12H18Cl2N2O2/c1-7(17)15-9(13)11(2,3)10(14)16-8(18)5-6-12(15,16)4/h9-10H,5-6H2,1-4H3. The van der Waals surface area contributed by atoms with Crippen LogP contribution in [0.5, 0.6) is 0 Å². The highest BCUT2D eigenvalue weighted by Crippen LogP contribution is 2.51. The molecule has 102 valence electrons. The van der Waals surface area contributed by atoms with Gasteiger partial charge in [-0.05, 0) is 13.3 Å². The van der Waals surface area contributed by atoms with E-state index in [4.69, 9.17) is 23.2 Å². The molecule has 0 aliphatic carbocycles. The van der Waals surface area contributed by atoms with Gasteiger partial charge in [0.15, 0.2) is 0 Å². The number of amides is 2.